The van der Waals surface area contributed by atoms with E-state index in [1.807, 2.05) is 0 Å². The molecule has 0 saturated carbocycles. The van der Waals surface area contributed by atoms with Crippen LogP contribution < -0.4 is 16.2 Å². The van der Waals surface area contributed by atoms with Crippen LogP contribution in [0.1, 0.15) is 5.56 Å². The number of primary amides is 1. The molecule has 17 heavy (non-hydrogen) atoms. The molecule has 0 fully saturated rings. The molecule has 0 aliphatic heterocycles. The summed E-state index contributed by atoms with van der Waals surface area (Å²) in [6.07, 6.45) is -2.80. The van der Waals surface area contributed by atoms with Gasteiger partial charge in [-0.3, -0.25) is 4.79 Å². The third-order valence-corrected chi connectivity index (χ3v) is 1.69. The molecular formula is C10H9F3N2O2. The fourth-order valence-electron chi connectivity index (χ4n) is 1.09. The lowest BCUT2D eigenvalue weighted by atomic mass is 10.1. The van der Waals surface area contributed by atoms with Crippen molar-refractivity contribution in [1.29, 1.82) is 0 Å². The van der Waals surface area contributed by atoms with Gasteiger partial charge in [0.25, 0.3) is 0 Å². The Morgan fingerprint density at radius 2 is 2.00 bits per heavy atom. The van der Waals surface area contributed by atoms with Crippen LogP contribution in [0, 0.1) is 0 Å². The molecule has 92 valence electrons. The topological polar surface area (TPSA) is 78.3 Å². The first kappa shape index (κ1) is 12.9. The minimum Gasteiger partial charge on any atom is -0.405 e. The van der Waals surface area contributed by atoms with Gasteiger partial charge < -0.3 is 16.2 Å². The monoisotopic (exact) mass is 246 g/mol. The molecule has 1 rings (SSSR count). The highest BCUT2D eigenvalue weighted by molar-refractivity contribution is 5.90. The summed E-state index contributed by atoms with van der Waals surface area (Å²) in [6, 6.07) is 3.55. The Balaban J connectivity index is 3.08. The maximum absolute atomic E-state index is 12.1. The highest BCUT2D eigenvalue weighted by Gasteiger charge is 2.31. The zero-order valence-corrected chi connectivity index (χ0v) is 8.49. The van der Waals surface area contributed by atoms with E-state index in [-0.39, 0.29) is 11.3 Å². The molecule has 0 heterocycles. The molecule has 4 nitrogen and oxygen atoms in total. The van der Waals surface area contributed by atoms with Crippen molar-refractivity contribution in [1.82, 2.24) is 0 Å². The minimum atomic E-state index is -4.81. The van der Waals surface area contributed by atoms with E-state index >= 15 is 0 Å². The first-order valence-corrected chi connectivity index (χ1v) is 4.41. The van der Waals surface area contributed by atoms with Crippen molar-refractivity contribution in [3.63, 3.8) is 0 Å². The van der Waals surface area contributed by atoms with Gasteiger partial charge in [-0.05, 0) is 24.3 Å². The average molecular weight is 246 g/mol. The van der Waals surface area contributed by atoms with Crippen LogP contribution in [0.2, 0.25) is 0 Å². The zero-order valence-electron chi connectivity index (χ0n) is 8.49. The lowest BCUT2D eigenvalue weighted by molar-refractivity contribution is -0.274. The van der Waals surface area contributed by atoms with Gasteiger partial charge in [0.2, 0.25) is 5.91 Å². The van der Waals surface area contributed by atoms with Gasteiger partial charge in [0, 0.05) is 17.3 Å². The number of ether oxygens (including phenoxy) is 1. The normalized spacial score (nSPS) is 11.7. The molecule has 0 saturated heterocycles. The summed E-state index contributed by atoms with van der Waals surface area (Å²) in [5.41, 5.74) is 10.5. The lowest BCUT2D eigenvalue weighted by Gasteiger charge is -2.11. The van der Waals surface area contributed by atoms with Gasteiger partial charge in [0.15, 0.2) is 0 Å². The number of amides is 1. The molecule has 1 aromatic carbocycles. The maximum Gasteiger partial charge on any atom is 0.573 e. The third-order valence-electron chi connectivity index (χ3n) is 1.69. The highest BCUT2D eigenvalue weighted by Crippen LogP contribution is 2.28. The molecule has 0 spiro atoms. The second-order valence-electron chi connectivity index (χ2n) is 3.08. The Kier molecular flexibility index (Phi) is 3.62. The standard InChI is InChI=1S/C10H9F3N2O2/c11-10(12,13)17-8-3-2-7(14)5-6(8)1-4-9(15)16/h1-5H,14H2,(H2,15,16). The molecule has 4 N–H and O–H groups in total. The molecule has 0 unspecified atom stereocenters. The number of carbonyl (C=O) groups is 1. The van der Waals surface area contributed by atoms with Crippen molar-refractivity contribution in [3.05, 3.63) is 29.8 Å². The first-order valence-electron chi connectivity index (χ1n) is 4.41. The van der Waals surface area contributed by atoms with Crippen molar-refractivity contribution in [2.24, 2.45) is 5.73 Å². The second-order valence-corrected chi connectivity index (χ2v) is 3.08. The third kappa shape index (κ3) is 4.45. The Bertz CT molecular complexity index is 455. The van der Waals surface area contributed by atoms with Crippen molar-refractivity contribution in [3.8, 4) is 5.75 Å². The smallest absolute Gasteiger partial charge is 0.405 e. The fourth-order valence-corrected chi connectivity index (χ4v) is 1.09. The number of nitrogens with two attached hydrogens (primary N) is 2. The molecule has 0 aliphatic carbocycles. The second kappa shape index (κ2) is 4.77. The Labute approximate surface area is 94.7 Å². The van der Waals surface area contributed by atoms with E-state index in [9.17, 15) is 18.0 Å². The summed E-state index contributed by atoms with van der Waals surface area (Å²) < 4.78 is 39.9. The Morgan fingerprint density at radius 1 is 1.35 bits per heavy atom. The number of benzene rings is 1. The molecule has 7 heteroatoms. The van der Waals surface area contributed by atoms with Crippen LogP contribution in [0.4, 0.5) is 18.9 Å². The number of rotatable bonds is 3. The summed E-state index contributed by atoms with van der Waals surface area (Å²) in [5, 5.41) is 0. The van der Waals surface area contributed by atoms with Crippen LogP contribution >= 0.6 is 0 Å². The number of carbonyl (C=O) groups excluding carboxylic acids is 1. The summed E-state index contributed by atoms with van der Waals surface area (Å²) in [4.78, 5) is 10.5. The molecule has 0 radical (unpaired) electrons. The minimum absolute atomic E-state index is 0.0149. The molecule has 0 atom stereocenters. The summed E-state index contributed by atoms with van der Waals surface area (Å²) in [5.74, 6) is -1.24. The van der Waals surface area contributed by atoms with Crippen LogP contribution in [-0.2, 0) is 4.79 Å². The predicted octanol–water partition coefficient (Wildman–Crippen LogP) is 1.67. The molecule has 0 bridgehead atoms. The molecule has 0 aromatic heterocycles. The molecular weight excluding hydrogens is 237 g/mol. The van der Waals surface area contributed by atoms with Crippen molar-refractivity contribution >= 4 is 17.7 Å². The van der Waals surface area contributed by atoms with Gasteiger partial charge >= 0.3 is 6.36 Å². The van der Waals surface area contributed by atoms with E-state index in [1.165, 1.54) is 12.1 Å². The number of alkyl halides is 3. The first-order chi connectivity index (χ1) is 7.78. The van der Waals surface area contributed by atoms with E-state index in [0.717, 1.165) is 18.2 Å². The van der Waals surface area contributed by atoms with E-state index in [1.54, 1.807) is 0 Å². The van der Waals surface area contributed by atoms with Gasteiger partial charge in [-0.25, -0.2) is 0 Å². The van der Waals surface area contributed by atoms with Gasteiger partial charge in [-0.15, -0.1) is 13.2 Å². The summed E-state index contributed by atoms with van der Waals surface area (Å²) in [6.45, 7) is 0. The summed E-state index contributed by atoms with van der Waals surface area (Å²) in [7, 11) is 0. The van der Waals surface area contributed by atoms with Crippen LogP contribution in [0.25, 0.3) is 6.08 Å². The van der Waals surface area contributed by atoms with Crippen LogP contribution in [0.5, 0.6) is 5.75 Å². The number of hydrogen-bond donors (Lipinski definition) is 2. The molecule has 1 aromatic rings. The van der Waals surface area contributed by atoms with Crippen LogP contribution in [-0.4, -0.2) is 12.3 Å². The molecule has 1 amide bonds. The van der Waals surface area contributed by atoms with E-state index in [0.29, 0.717) is 0 Å². The number of anilines is 1. The quantitative estimate of drug-likeness (QED) is 0.629. The van der Waals surface area contributed by atoms with E-state index in [4.69, 9.17) is 11.5 Å². The lowest BCUT2D eigenvalue weighted by Crippen LogP contribution is -2.17. The van der Waals surface area contributed by atoms with Gasteiger partial charge in [-0.2, -0.15) is 0 Å². The SMILES string of the molecule is NC(=O)C=Cc1cc(N)ccc1OC(F)(F)F. The Morgan fingerprint density at radius 3 is 2.53 bits per heavy atom. The van der Waals surface area contributed by atoms with Crippen LogP contribution in [0.15, 0.2) is 24.3 Å². The highest BCUT2D eigenvalue weighted by atomic mass is 19.4. The van der Waals surface area contributed by atoms with Gasteiger partial charge in [0.05, 0.1) is 0 Å². The molecule has 0 aliphatic rings. The van der Waals surface area contributed by atoms with Gasteiger partial charge in [-0.1, -0.05) is 0 Å². The summed E-state index contributed by atoms with van der Waals surface area (Å²) >= 11 is 0. The largest absolute Gasteiger partial charge is 0.573 e. The number of nitrogen functional groups attached to an aromatic ring is 1. The van der Waals surface area contributed by atoms with Crippen molar-refractivity contribution in [2.75, 3.05) is 5.73 Å². The van der Waals surface area contributed by atoms with Crippen molar-refractivity contribution in [2.45, 2.75) is 6.36 Å². The predicted molar refractivity (Wildman–Crippen MR) is 55.8 cm³/mol. The van der Waals surface area contributed by atoms with E-state index in [2.05, 4.69) is 4.74 Å². The zero-order chi connectivity index (χ0) is 13.1. The number of halogens is 3. The fraction of sp³-hybridized carbons (Fsp3) is 0.100. The van der Waals surface area contributed by atoms with Crippen molar-refractivity contribution < 1.29 is 22.7 Å². The van der Waals surface area contributed by atoms with Gasteiger partial charge in [0.1, 0.15) is 5.75 Å². The Hall–Kier alpha value is -2.18. The maximum atomic E-state index is 12.1. The average Bonchev–Trinajstić information content (AvgIpc) is 2.16. The van der Waals surface area contributed by atoms with Crippen LogP contribution in [0.3, 0.4) is 0 Å². The van der Waals surface area contributed by atoms with E-state index < -0.39 is 18.0 Å². The number of hydrogen-bond acceptors (Lipinski definition) is 3.